The summed E-state index contributed by atoms with van der Waals surface area (Å²) in [7, 11) is -4.40. The Hall–Kier alpha value is -3.33. The van der Waals surface area contributed by atoms with Gasteiger partial charge in [-0.1, -0.05) is 181 Å². The summed E-state index contributed by atoms with van der Waals surface area (Å²) in [5, 5.41) is 0. The molecule has 0 aliphatic rings. The lowest BCUT2D eigenvalue weighted by Crippen LogP contribution is -2.29. The van der Waals surface area contributed by atoms with Crippen LogP contribution in [-0.2, 0) is 32.7 Å². The summed E-state index contributed by atoms with van der Waals surface area (Å²) in [6.45, 7) is 3.45. The molecule has 0 heterocycles. The SMILES string of the molecule is CC/C=C\C/C=C\C/C=C\C/C=C\C/C=C\CCCCCC(=O)OC(COC(=O)CCCCCCCCCCCC/C=C\C/C=C\C/C=C\C/C=C\CC)COP(=O)(O)OCCN. The first-order valence-electron chi connectivity index (χ1n) is 24.4. The van der Waals surface area contributed by atoms with Gasteiger partial charge in [0.1, 0.15) is 6.61 Å². The molecule has 0 fully saturated rings. The maximum Gasteiger partial charge on any atom is 0.472 e. The van der Waals surface area contributed by atoms with Crippen LogP contribution in [0.25, 0.3) is 0 Å². The van der Waals surface area contributed by atoms with Gasteiger partial charge in [-0.25, -0.2) is 4.57 Å². The lowest BCUT2D eigenvalue weighted by atomic mass is 10.1. The van der Waals surface area contributed by atoms with Crippen molar-refractivity contribution in [3.8, 4) is 0 Å². The van der Waals surface area contributed by atoms with E-state index in [-0.39, 0.29) is 32.6 Å². The second-order valence-corrected chi connectivity index (χ2v) is 17.0. The molecule has 2 atom stereocenters. The summed E-state index contributed by atoms with van der Waals surface area (Å²) >= 11 is 0. The predicted octanol–water partition coefficient (Wildman–Crippen LogP) is 14.7. The number of allylic oxidation sites excluding steroid dienone is 18. The molecule has 0 amide bonds. The minimum Gasteiger partial charge on any atom is -0.462 e. The third-order valence-electron chi connectivity index (χ3n) is 9.65. The molecule has 358 valence electrons. The van der Waals surface area contributed by atoms with Crippen molar-refractivity contribution in [3.05, 3.63) is 109 Å². The number of unbranched alkanes of at least 4 members (excludes halogenated alkanes) is 13. The molecule has 0 saturated carbocycles. The van der Waals surface area contributed by atoms with Crippen molar-refractivity contribution in [2.24, 2.45) is 5.73 Å². The molecule has 10 heteroatoms. The van der Waals surface area contributed by atoms with Crippen molar-refractivity contribution >= 4 is 19.8 Å². The normalized spacial score (nSPS) is 14.2. The van der Waals surface area contributed by atoms with E-state index in [1.54, 1.807) is 0 Å². The first kappa shape index (κ1) is 59.7. The van der Waals surface area contributed by atoms with Crippen LogP contribution in [-0.4, -0.2) is 49.3 Å². The van der Waals surface area contributed by atoms with Gasteiger partial charge in [-0.3, -0.25) is 18.6 Å². The standard InChI is InChI=1S/C53H88NO8P/c1-3-5-7-9-11-13-15-17-19-21-23-24-25-26-28-29-31-33-35-37-39-41-43-45-52(55)59-49-51(50-61-63(57,58)60-48-47-54)62-53(56)46-44-42-40-38-36-34-32-30-27-22-20-18-16-14-12-10-8-6-4-2/h5-8,11-14,17-20,23-24,27,30,34,36,51H,3-4,9-10,15-16,21-22,25-26,28-29,31-33,35,37-50,54H2,1-2H3,(H,57,58)/b7-5-,8-6-,13-11-,14-12-,19-17-,20-18-,24-23-,30-27-,36-34-. The molecule has 0 rings (SSSR count). The van der Waals surface area contributed by atoms with Crippen molar-refractivity contribution in [1.82, 2.24) is 0 Å². The van der Waals surface area contributed by atoms with E-state index in [1.165, 1.54) is 38.5 Å². The van der Waals surface area contributed by atoms with E-state index in [0.29, 0.717) is 6.42 Å². The number of esters is 2. The Balaban J connectivity index is 4.16. The van der Waals surface area contributed by atoms with Crippen molar-refractivity contribution < 1.29 is 37.6 Å². The van der Waals surface area contributed by atoms with Crippen LogP contribution in [0, 0.1) is 0 Å². The second-order valence-electron chi connectivity index (χ2n) is 15.6. The van der Waals surface area contributed by atoms with Crippen molar-refractivity contribution in [2.45, 2.75) is 187 Å². The van der Waals surface area contributed by atoms with Gasteiger partial charge < -0.3 is 20.1 Å². The topological polar surface area (TPSA) is 134 Å². The van der Waals surface area contributed by atoms with Crippen molar-refractivity contribution in [1.29, 1.82) is 0 Å². The molecular formula is C53H88NO8P. The van der Waals surface area contributed by atoms with Crippen molar-refractivity contribution in [2.75, 3.05) is 26.4 Å². The minimum atomic E-state index is -4.40. The first-order valence-corrected chi connectivity index (χ1v) is 25.9. The number of hydrogen-bond acceptors (Lipinski definition) is 8. The highest BCUT2D eigenvalue weighted by molar-refractivity contribution is 7.47. The third kappa shape index (κ3) is 48.0. The van der Waals surface area contributed by atoms with E-state index in [4.69, 9.17) is 24.3 Å². The molecule has 0 aliphatic carbocycles. The molecule has 0 aromatic rings. The van der Waals surface area contributed by atoms with Crippen LogP contribution in [0.2, 0.25) is 0 Å². The number of phosphoric ester groups is 1. The molecule has 0 aromatic carbocycles. The predicted molar refractivity (Wildman–Crippen MR) is 265 cm³/mol. The zero-order valence-electron chi connectivity index (χ0n) is 39.5. The summed E-state index contributed by atoms with van der Waals surface area (Å²) in [4.78, 5) is 35.0. The summed E-state index contributed by atoms with van der Waals surface area (Å²) in [6.07, 6.45) is 64.1. The van der Waals surface area contributed by atoms with Gasteiger partial charge in [0.05, 0.1) is 13.2 Å². The Morgan fingerprint density at radius 1 is 0.476 bits per heavy atom. The number of hydrogen-bond donors (Lipinski definition) is 2. The fourth-order valence-electron chi connectivity index (χ4n) is 6.12. The second kappa shape index (κ2) is 48.1. The molecule has 0 spiro atoms. The van der Waals surface area contributed by atoms with Crippen LogP contribution in [0.4, 0.5) is 0 Å². The Bertz CT molecular complexity index is 1390. The zero-order valence-corrected chi connectivity index (χ0v) is 40.4. The smallest absolute Gasteiger partial charge is 0.462 e. The van der Waals surface area contributed by atoms with E-state index in [2.05, 4.69) is 123 Å². The lowest BCUT2D eigenvalue weighted by Gasteiger charge is -2.19. The molecule has 9 nitrogen and oxygen atoms in total. The van der Waals surface area contributed by atoms with E-state index < -0.39 is 32.5 Å². The lowest BCUT2D eigenvalue weighted by molar-refractivity contribution is -0.161. The zero-order chi connectivity index (χ0) is 46.0. The molecule has 2 unspecified atom stereocenters. The number of carbonyl (C=O) groups excluding carboxylic acids is 2. The highest BCUT2D eigenvalue weighted by Gasteiger charge is 2.26. The molecule has 0 aromatic heterocycles. The fraction of sp³-hybridized carbons (Fsp3) is 0.623. The van der Waals surface area contributed by atoms with Gasteiger partial charge in [-0.05, 0) is 96.3 Å². The van der Waals surface area contributed by atoms with Crippen LogP contribution in [0.1, 0.15) is 181 Å². The number of ether oxygens (including phenoxy) is 2. The Morgan fingerprint density at radius 3 is 1.24 bits per heavy atom. The van der Waals surface area contributed by atoms with Crippen LogP contribution in [0.15, 0.2) is 109 Å². The van der Waals surface area contributed by atoms with Gasteiger partial charge >= 0.3 is 19.8 Å². The summed E-state index contributed by atoms with van der Waals surface area (Å²) < 4.78 is 32.9. The fourth-order valence-corrected chi connectivity index (χ4v) is 6.89. The highest BCUT2D eigenvalue weighted by Crippen LogP contribution is 2.43. The number of rotatable bonds is 44. The van der Waals surface area contributed by atoms with Gasteiger partial charge in [0.15, 0.2) is 6.10 Å². The Labute approximate surface area is 384 Å². The highest BCUT2D eigenvalue weighted by atomic mass is 31.2. The molecule has 0 bridgehead atoms. The van der Waals surface area contributed by atoms with Crippen molar-refractivity contribution in [3.63, 3.8) is 0 Å². The van der Waals surface area contributed by atoms with Crippen LogP contribution in [0.5, 0.6) is 0 Å². The van der Waals surface area contributed by atoms with Gasteiger partial charge in [0.25, 0.3) is 0 Å². The first-order chi connectivity index (χ1) is 30.8. The Morgan fingerprint density at radius 2 is 0.825 bits per heavy atom. The number of phosphoric acid groups is 1. The van der Waals surface area contributed by atoms with Gasteiger partial charge in [-0.15, -0.1) is 0 Å². The van der Waals surface area contributed by atoms with E-state index >= 15 is 0 Å². The van der Waals surface area contributed by atoms with E-state index in [9.17, 15) is 19.0 Å². The average molecular weight is 898 g/mol. The summed E-state index contributed by atoms with van der Waals surface area (Å²) in [5.74, 6) is -0.880. The summed E-state index contributed by atoms with van der Waals surface area (Å²) in [5.41, 5.74) is 5.36. The molecule has 0 saturated heterocycles. The van der Waals surface area contributed by atoms with E-state index in [1.807, 2.05) is 0 Å². The van der Waals surface area contributed by atoms with Gasteiger partial charge in [0.2, 0.25) is 0 Å². The van der Waals surface area contributed by atoms with Crippen LogP contribution in [0.3, 0.4) is 0 Å². The number of carbonyl (C=O) groups is 2. The quantitative estimate of drug-likeness (QED) is 0.0265. The van der Waals surface area contributed by atoms with Crippen LogP contribution >= 0.6 is 7.82 Å². The molecule has 0 radical (unpaired) electrons. The molecule has 0 aliphatic heterocycles. The largest absolute Gasteiger partial charge is 0.472 e. The molecule has 3 N–H and O–H groups in total. The van der Waals surface area contributed by atoms with Gasteiger partial charge in [0, 0.05) is 19.4 Å². The minimum absolute atomic E-state index is 0.0409. The van der Waals surface area contributed by atoms with E-state index in [0.717, 1.165) is 109 Å². The third-order valence-corrected chi connectivity index (χ3v) is 10.6. The average Bonchev–Trinajstić information content (AvgIpc) is 3.27. The molecular weight excluding hydrogens is 810 g/mol. The van der Waals surface area contributed by atoms with Gasteiger partial charge in [-0.2, -0.15) is 0 Å². The van der Waals surface area contributed by atoms with Crippen LogP contribution < -0.4 is 5.73 Å². The summed E-state index contributed by atoms with van der Waals surface area (Å²) in [6, 6.07) is 0. The monoisotopic (exact) mass is 898 g/mol. The maximum absolute atomic E-state index is 12.6. The Kier molecular flexibility index (Phi) is 45.6. The maximum atomic E-state index is 12.6. The molecule has 63 heavy (non-hydrogen) atoms. The number of nitrogens with two attached hydrogens (primary N) is 1.